The Kier molecular flexibility index (Phi) is 7.11. The van der Waals surface area contributed by atoms with E-state index < -0.39 is 17.9 Å². The monoisotopic (exact) mass is 445 g/mol. The van der Waals surface area contributed by atoms with Crippen LogP contribution in [0.4, 0.5) is 11.4 Å². The zero-order valence-corrected chi connectivity index (χ0v) is 18.4. The van der Waals surface area contributed by atoms with Crippen molar-refractivity contribution in [3.8, 4) is 5.75 Å². The van der Waals surface area contributed by atoms with Gasteiger partial charge in [0, 0.05) is 17.8 Å². The molecule has 5 N–H and O–H groups in total. The van der Waals surface area contributed by atoms with Crippen LogP contribution in [0.15, 0.2) is 24.3 Å². The van der Waals surface area contributed by atoms with Crippen molar-refractivity contribution < 1.29 is 19.1 Å². The largest absolute Gasteiger partial charge is 0.497 e. The third kappa shape index (κ3) is 4.79. The van der Waals surface area contributed by atoms with E-state index >= 15 is 0 Å². The first-order chi connectivity index (χ1) is 14.9. The van der Waals surface area contributed by atoms with Gasteiger partial charge in [0.15, 0.2) is 5.69 Å². The number of hydrogen-bond acceptors (Lipinski definition) is 7. The summed E-state index contributed by atoms with van der Waals surface area (Å²) >= 11 is 0.788. The molecule has 0 bridgehead atoms. The number of nitrogen functional groups attached to an aromatic ring is 1. The van der Waals surface area contributed by atoms with Crippen molar-refractivity contribution in [1.82, 2.24) is 9.69 Å². The fourth-order valence-electron chi connectivity index (χ4n) is 3.79. The summed E-state index contributed by atoms with van der Waals surface area (Å²) in [7, 11) is 1.52. The highest BCUT2D eigenvalue weighted by Crippen LogP contribution is 2.30. The predicted octanol–water partition coefficient (Wildman–Crippen LogP) is 2.32. The van der Waals surface area contributed by atoms with Crippen LogP contribution < -0.4 is 26.4 Å². The van der Waals surface area contributed by atoms with Crippen LogP contribution in [0.1, 0.15) is 59.2 Å². The lowest BCUT2D eigenvalue weighted by atomic mass is 10.1. The van der Waals surface area contributed by atoms with Gasteiger partial charge in [-0.05, 0) is 42.9 Å². The van der Waals surface area contributed by atoms with Crippen LogP contribution in [0.5, 0.6) is 5.75 Å². The van der Waals surface area contributed by atoms with E-state index in [9.17, 15) is 14.4 Å². The molecule has 3 rings (SSSR count). The third-order valence-corrected chi connectivity index (χ3v) is 6.26. The Morgan fingerprint density at radius 3 is 2.61 bits per heavy atom. The predicted molar refractivity (Wildman–Crippen MR) is 119 cm³/mol. The van der Waals surface area contributed by atoms with E-state index in [1.54, 1.807) is 24.3 Å². The maximum Gasteiger partial charge on any atom is 0.272 e. The molecular weight excluding hydrogens is 418 g/mol. The Morgan fingerprint density at radius 2 is 2.03 bits per heavy atom. The smallest absolute Gasteiger partial charge is 0.272 e. The molecule has 0 unspecified atom stereocenters. The molecule has 1 aromatic heterocycles. The highest BCUT2D eigenvalue weighted by molar-refractivity contribution is 7.09. The van der Waals surface area contributed by atoms with E-state index in [-0.39, 0.29) is 28.2 Å². The first-order valence-corrected chi connectivity index (χ1v) is 11.0. The molecule has 1 aliphatic rings. The average Bonchev–Trinajstić information content (AvgIpc) is 3.40. The van der Waals surface area contributed by atoms with Gasteiger partial charge in [-0.15, -0.1) is 0 Å². The van der Waals surface area contributed by atoms with Gasteiger partial charge < -0.3 is 21.5 Å². The summed E-state index contributed by atoms with van der Waals surface area (Å²) in [5.74, 6) is -1.03. The summed E-state index contributed by atoms with van der Waals surface area (Å²) in [4.78, 5) is 39.8. The second-order valence-electron chi connectivity index (χ2n) is 7.43. The summed E-state index contributed by atoms with van der Waals surface area (Å²) in [5.41, 5.74) is 11.5. The molecule has 1 aliphatic carbocycles. The normalized spacial score (nSPS) is 14.8. The number of nitrogens with one attached hydrogen (secondary N) is 1. The lowest BCUT2D eigenvalue weighted by Gasteiger charge is -2.31. The highest BCUT2D eigenvalue weighted by atomic mass is 32.1. The molecule has 1 atom stereocenters. The number of nitrogens with zero attached hydrogens (tertiary/aromatic N) is 2. The highest BCUT2D eigenvalue weighted by Gasteiger charge is 2.35. The van der Waals surface area contributed by atoms with E-state index in [1.807, 2.05) is 6.92 Å². The summed E-state index contributed by atoms with van der Waals surface area (Å²) < 4.78 is 9.23. The number of amides is 3. The molecule has 0 spiro atoms. The van der Waals surface area contributed by atoms with E-state index in [0.29, 0.717) is 17.9 Å². The van der Waals surface area contributed by atoms with Gasteiger partial charge in [-0.2, -0.15) is 4.37 Å². The van der Waals surface area contributed by atoms with Gasteiger partial charge in [-0.3, -0.25) is 19.3 Å². The van der Waals surface area contributed by atoms with E-state index in [0.717, 1.165) is 37.2 Å². The van der Waals surface area contributed by atoms with Crippen molar-refractivity contribution in [1.29, 1.82) is 0 Å². The van der Waals surface area contributed by atoms with Crippen LogP contribution in [0.25, 0.3) is 0 Å². The van der Waals surface area contributed by atoms with Crippen LogP contribution in [-0.4, -0.2) is 41.3 Å². The summed E-state index contributed by atoms with van der Waals surface area (Å²) in [6.45, 7) is 1.84. The van der Waals surface area contributed by atoms with Gasteiger partial charge in [0.25, 0.3) is 11.8 Å². The van der Waals surface area contributed by atoms with Crippen molar-refractivity contribution in [2.45, 2.75) is 51.1 Å². The molecule has 3 amide bonds. The standard InChI is InChI=1S/C21H27N5O4S/c1-3-15(20(28)24-12-7-4-5-8-12)26(13-9-6-10-14(11-13)30-2)21(29)18-16(22)17(19(23)27)25-31-18/h6,9-12,15H,3-5,7-8,22H2,1-2H3,(H2,23,27)(H,24,28)/t15-/m1/s1. The molecule has 0 aliphatic heterocycles. The number of rotatable bonds is 8. The molecule has 31 heavy (non-hydrogen) atoms. The quantitative estimate of drug-likeness (QED) is 0.569. The van der Waals surface area contributed by atoms with Crippen molar-refractivity contribution in [3.63, 3.8) is 0 Å². The van der Waals surface area contributed by atoms with Gasteiger partial charge in [-0.1, -0.05) is 25.8 Å². The molecule has 0 saturated heterocycles. The van der Waals surface area contributed by atoms with Crippen LogP contribution in [0.2, 0.25) is 0 Å². The molecule has 0 radical (unpaired) electrons. The minimum Gasteiger partial charge on any atom is -0.497 e. The summed E-state index contributed by atoms with van der Waals surface area (Å²) in [6.07, 6.45) is 4.39. The Balaban J connectivity index is 2.01. The molecule has 1 heterocycles. The van der Waals surface area contributed by atoms with Gasteiger partial charge in [0.1, 0.15) is 16.7 Å². The van der Waals surface area contributed by atoms with Crippen LogP contribution in [0.3, 0.4) is 0 Å². The van der Waals surface area contributed by atoms with E-state index in [1.165, 1.54) is 12.0 Å². The number of aromatic nitrogens is 1. The number of carbonyl (C=O) groups excluding carboxylic acids is 3. The van der Waals surface area contributed by atoms with Crippen LogP contribution in [-0.2, 0) is 4.79 Å². The zero-order valence-electron chi connectivity index (χ0n) is 17.6. The lowest BCUT2D eigenvalue weighted by molar-refractivity contribution is -0.123. The molecule has 1 saturated carbocycles. The van der Waals surface area contributed by atoms with Crippen LogP contribution >= 0.6 is 11.5 Å². The third-order valence-electron chi connectivity index (χ3n) is 5.41. The van der Waals surface area contributed by atoms with Crippen molar-refractivity contribution in [3.05, 3.63) is 34.8 Å². The minimum atomic E-state index is -0.813. The average molecular weight is 446 g/mol. The van der Waals surface area contributed by atoms with Gasteiger partial charge in [0.05, 0.1) is 12.8 Å². The van der Waals surface area contributed by atoms with Gasteiger partial charge >= 0.3 is 0 Å². The van der Waals surface area contributed by atoms with E-state index in [4.69, 9.17) is 16.2 Å². The van der Waals surface area contributed by atoms with Gasteiger partial charge in [0.2, 0.25) is 5.91 Å². The number of nitrogens with two attached hydrogens (primary N) is 2. The fourth-order valence-corrected chi connectivity index (χ4v) is 4.53. The molecule has 10 heteroatoms. The maximum absolute atomic E-state index is 13.6. The number of anilines is 2. The first-order valence-electron chi connectivity index (χ1n) is 10.2. The molecule has 2 aromatic rings. The topological polar surface area (TPSA) is 141 Å². The Labute approximate surface area is 184 Å². The van der Waals surface area contributed by atoms with Crippen LogP contribution in [0, 0.1) is 0 Å². The molecule has 1 fully saturated rings. The summed E-state index contributed by atoms with van der Waals surface area (Å²) in [5, 5.41) is 3.07. The minimum absolute atomic E-state index is 0.0590. The number of ether oxygens (including phenoxy) is 1. The first kappa shape index (κ1) is 22.5. The number of hydrogen-bond donors (Lipinski definition) is 3. The second-order valence-corrected chi connectivity index (χ2v) is 8.20. The lowest BCUT2D eigenvalue weighted by Crippen LogP contribution is -2.51. The van der Waals surface area contributed by atoms with E-state index in [2.05, 4.69) is 9.69 Å². The number of carbonyl (C=O) groups is 3. The summed E-state index contributed by atoms with van der Waals surface area (Å²) in [6, 6.07) is 6.21. The number of methoxy groups -OCH3 is 1. The molecule has 1 aromatic carbocycles. The Bertz CT molecular complexity index is 970. The fraction of sp³-hybridized carbons (Fsp3) is 0.429. The second kappa shape index (κ2) is 9.78. The number of benzene rings is 1. The van der Waals surface area contributed by atoms with Gasteiger partial charge in [-0.25, -0.2) is 0 Å². The number of primary amides is 1. The van der Waals surface area contributed by atoms with Crippen molar-refractivity contribution in [2.24, 2.45) is 5.73 Å². The van der Waals surface area contributed by atoms with Crippen molar-refractivity contribution in [2.75, 3.05) is 17.7 Å². The molecular formula is C21H27N5O4S. The Morgan fingerprint density at radius 1 is 1.32 bits per heavy atom. The Hall–Kier alpha value is -3.14. The SMILES string of the molecule is CC[C@H](C(=O)NC1CCCC1)N(C(=O)c1snc(C(N)=O)c1N)c1cccc(OC)c1. The zero-order chi connectivity index (χ0) is 22.5. The maximum atomic E-state index is 13.6. The molecule has 166 valence electrons. The van der Waals surface area contributed by atoms with Crippen molar-refractivity contribution >= 4 is 40.6 Å². The molecule has 9 nitrogen and oxygen atoms in total.